The maximum atomic E-state index is 14.1. The minimum absolute atomic E-state index is 0.0469. The summed E-state index contributed by atoms with van der Waals surface area (Å²) in [7, 11) is 1.27. The van der Waals surface area contributed by atoms with Crippen LogP contribution in [0.2, 0.25) is 0 Å². The second kappa shape index (κ2) is 8.90. The minimum atomic E-state index is -0.898. The zero-order valence-corrected chi connectivity index (χ0v) is 20.8. The molecule has 1 aromatic heterocycles. The molecule has 9 nitrogen and oxygen atoms in total. The zero-order chi connectivity index (χ0) is 26.5. The number of ether oxygens (including phenoxy) is 3. The summed E-state index contributed by atoms with van der Waals surface area (Å²) in [5, 5.41) is 9.75. The molecule has 2 aromatic rings. The summed E-state index contributed by atoms with van der Waals surface area (Å²) in [6, 6.07) is 7.27. The fourth-order valence-electron chi connectivity index (χ4n) is 6.68. The Morgan fingerprint density at radius 2 is 1.92 bits per heavy atom. The first-order chi connectivity index (χ1) is 17.6. The number of hydrogen-bond acceptors (Lipinski definition) is 9. The van der Waals surface area contributed by atoms with Crippen molar-refractivity contribution >= 4 is 23.7 Å². The third-order valence-electron chi connectivity index (χ3n) is 8.44. The van der Waals surface area contributed by atoms with E-state index in [4.69, 9.17) is 18.6 Å². The van der Waals surface area contributed by atoms with Gasteiger partial charge in [0.2, 0.25) is 5.78 Å². The number of rotatable bonds is 4. The molecule has 1 aliphatic heterocycles. The Labute approximate surface area is 213 Å². The van der Waals surface area contributed by atoms with Gasteiger partial charge in [-0.05, 0) is 60.4 Å². The van der Waals surface area contributed by atoms with E-state index in [0.29, 0.717) is 24.8 Å². The van der Waals surface area contributed by atoms with Crippen LogP contribution in [-0.4, -0.2) is 35.9 Å². The fraction of sp³-hybridized carbons (Fsp3) is 0.429. The predicted molar refractivity (Wildman–Crippen MR) is 127 cm³/mol. The molecule has 9 heteroatoms. The van der Waals surface area contributed by atoms with Gasteiger partial charge in [-0.3, -0.25) is 14.4 Å². The fourth-order valence-corrected chi connectivity index (χ4v) is 6.68. The van der Waals surface area contributed by atoms with Gasteiger partial charge >= 0.3 is 17.9 Å². The number of carbonyl (C=O) groups is 4. The standard InChI is InChI=1S/C28H28O9/c1-27-9-7-18-26(33)37-21(16-8-10-35-14-16)13-28(18,2)23(27)22(30)20(12-19(27)25(32)34-3)36-24(31)15-5-4-6-17(29)11-15/h4-6,8,10-12,14,18-19,21,23,29H,7,9,13H2,1-3H3/t18-,19-,21-,23-,27-,28-/m0/s1. The van der Waals surface area contributed by atoms with E-state index in [-0.39, 0.29) is 17.1 Å². The van der Waals surface area contributed by atoms with Crippen molar-refractivity contribution < 1.29 is 42.9 Å². The molecule has 1 N–H and O–H groups in total. The molecule has 5 rings (SSSR count). The monoisotopic (exact) mass is 508 g/mol. The lowest BCUT2D eigenvalue weighted by molar-refractivity contribution is -0.197. The number of methoxy groups -OCH3 is 1. The van der Waals surface area contributed by atoms with Gasteiger partial charge in [-0.25, -0.2) is 4.79 Å². The van der Waals surface area contributed by atoms with Crippen molar-refractivity contribution in [3.05, 3.63) is 65.8 Å². The highest BCUT2D eigenvalue weighted by Gasteiger charge is 2.66. The van der Waals surface area contributed by atoms with Gasteiger partial charge in [0.05, 0.1) is 37.0 Å². The first kappa shape index (κ1) is 24.8. The lowest BCUT2D eigenvalue weighted by Gasteiger charge is -2.59. The maximum absolute atomic E-state index is 14.1. The Morgan fingerprint density at radius 3 is 2.59 bits per heavy atom. The number of esters is 3. The smallest absolute Gasteiger partial charge is 0.343 e. The number of benzene rings is 1. The van der Waals surface area contributed by atoms with Gasteiger partial charge in [-0.1, -0.05) is 19.9 Å². The molecule has 0 amide bonds. The summed E-state index contributed by atoms with van der Waals surface area (Å²) < 4.78 is 21.6. The van der Waals surface area contributed by atoms with Crippen molar-refractivity contribution in [3.63, 3.8) is 0 Å². The largest absolute Gasteiger partial charge is 0.508 e. The number of ketones is 1. The van der Waals surface area contributed by atoms with E-state index in [2.05, 4.69) is 0 Å². The Hall–Kier alpha value is -3.88. The Morgan fingerprint density at radius 1 is 1.14 bits per heavy atom. The molecule has 0 unspecified atom stereocenters. The molecule has 1 saturated heterocycles. The van der Waals surface area contributed by atoms with Crippen LogP contribution >= 0.6 is 0 Å². The van der Waals surface area contributed by atoms with E-state index in [1.807, 2.05) is 13.8 Å². The van der Waals surface area contributed by atoms with Gasteiger partial charge in [-0.2, -0.15) is 0 Å². The van der Waals surface area contributed by atoms with E-state index in [9.17, 15) is 24.3 Å². The molecule has 1 saturated carbocycles. The number of cyclic esters (lactones) is 1. The zero-order valence-electron chi connectivity index (χ0n) is 20.8. The van der Waals surface area contributed by atoms with E-state index in [0.717, 1.165) is 0 Å². The highest BCUT2D eigenvalue weighted by Crippen LogP contribution is 2.64. The van der Waals surface area contributed by atoms with E-state index < -0.39 is 58.4 Å². The van der Waals surface area contributed by atoms with Crippen LogP contribution in [0.1, 0.15) is 55.1 Å². The predicted octanol–water partition coefficient (Wildman–Crippen LogP) is 4.12. The van der Waals surface area contributed by atoms with E-state index in [1.54, 1.807) is 6.07 Å². The summed E-state index contributed by atoms with van der Waals surface area (Å²) in [5.41, 5.74) is -1.05. The summed E-state index contributed by atoms with van der Waals surface area (Å²) in [5.74, 6) is -4.95. The van der Waals surface area contributed by atoms with Crippen molar-refractivity contribution in [1.29, 1.82) is 0 Å². The number of aromatic hydroxyl groups is 1. The first-order valence-electron chi connectivity index (χ1n) is 12.2. The van der Waals surface area contributed by atoms with Crippen LogP contribution in [0.5, 0.6) is 5.75 Å². The first-order valence-corrected chi connectivity index (χ1v) is 12.2. The van der Waals surface area contributed by atoms with E-state index >= 15 is 0 Å². The molecular formula is C28H28O9. The lowest BCUT2D eigenvalue weighted by atomic mass is 9.44. The van der Waals surface area contributed by atoms with Gasteiger partial charge in [-0.15, -0.1) is 0 Å². The summed E-state index contributed by atoms with van der Waals surface area (Å²) in [6.45, 7) is 3.73. The summed E-state index contributed by atoms with van der Waals surface area (Å²) in [6.07, 6.45) is 4.91. The van der Waals surface area contributed by atoms with Crippen LogP contribution in [-0.2, 0) is 28.6 Å². The SMILES string of the molecule is COC(=O)[C@@H]1C=C(OC(=O)c2cccc(O)c2)C(=O)[C@H]2[C@@]1(C)CC[C@H]1C(=O)O[C@H](c3ccoc3)C[C@]21C. The lowest BCUT2D eigenvalue weighted by Crippen LogP contribution is -2.61. The van der Waals surface area contributed by atoms with E-state index in [1.165, 1.54) is 50.0 Å². The highest BCUT2D eigenvalue weighted by atomic mass is 16.6. The molecule has 37 heavy (non-hydrogen) atoms. The van der Waals surface area contributed by atoms with Crippen molar-refractivity contribution in [3.8, 4) is 5.75 Å². The highest BCUT2D eigenvalue weighted by molar-refractivity contribution is 6.03. The molecule has 2 heterocycles. The number of hydrogen-bond donors (Lipinski definition) is 1. The number of carbonyl (C=O) groups excluding carboxylic acids is 4. The van der Waals surface area contributed by atoms with Gasteiger partial charge in [0.15, 0.2) is 5.76 Å². The maximum Gasteiger partial charge on any atom is 0.343 e. The third kappa shape index (κ3) is 3.93. The number of phenolic OH excluding ortho intramolecular Hbond substituents is 1. The molecule has 1 aromatic carbocycles. The second-order valence-electron chi connectivity index (χ2n) is 10.6. The molecule has 6 atom stereocenters. The number of allylic oxidation sites excluding steroid dienone is 1. The summed E-state index contributed by atoms with van der Waals surface area (Å²) in [4.78, 5) is 53.2. The average Bonchev–Trinajstić information content (AvgIpc) is 3.39. The van der Waals surface area contributed by atoms with Crippen molar-refractivity contribution in [1.82, 2.24) is 0 Å². The molecule has 2 fully saturated rings. The normalized spacial score (nSPS) is 32.9. The molecule has 0 radical (unpaired) electrons. The number of fused-ring (bicyclic) bond motifs is 3. The molecule has 3 aliphatic rings. The summed E-state index contributed by atoms with van der Waals surface area (Å²) >= 11 is 0. The molecule has 2 aliphatic carbocycles. The van der Waals surface area contributed by atoms with Crippen LogP contribution in [0.3, 0.4) is 0 Å². The molecule has 194 valence electrons. The third-order valence-corrected chi connectivity index (χ3v) is 8.44. The van der Waals surface area contributed by atoms with Gasteiger partial charge in [0.1, 0.15) is 11.9 Å². The molecule has 0 bridgehead atoms. The van der Waals surface area contributed by atoms with Crippen LogP contribution in [0.25, 0.3) is 0 Å². The van der Waals surface area contributed by atoms with Crippen molar-refractivity contribution in [2.45, 2.75) is 39.2 Å². The van der Waals surface area contributed by atoms with Crippen molar-refractivity contribution in [2.24, 2.45) is 28.6 Å². The van der Waals surface area contributed by atoms with Gasteiger partial charge < -0.3 is 23.7 Å². The number of phenols is 1. The van der Waals surface area contributed by atoms with Crippen LogP contribution in [0.4, 0.5) is 0 Å². The molecule has 0 spiro atoms. The topological polar surface area (TPSA) is 129 Å². The minimum Gasteiger partial charge on any atom is -0.508 e. The number of Topliss-reactive ketones (excluding diaryl/α,β-unsaturated/α-hetero) is 1. The Bertz CT molecular complexity index is 1290. The number of furan rings is 1. The molecular weight excluding hydrogens is 480 g/mol. The Kier molecular flexibility index (Phi) is 5.96. The van der Waals surface area contributed by atoms with Gasteiger partial charge in [0.25, 0.3) is 0 Å². The van der Waals surface area contributed by atoms with Crippen LogP contribution in [0.15, 0.2) is 59.1 Å². The quantitative estimate of drug-likeness (QED) is 0.479. The Balaban J connectivity index is 1.57. The second-order valence-corrected chi connectivity index (χ2v) is 10.6. The average molecular weight is 509 g/mol. The van der Waals surface area contributed by atoms with Crippen LogP contribution in [0, 0.1) is 28.6 Å². The van der Waals surface area contributed by atoms with Crippen molar-refractivity contribution in [2.75, 3.05) is 7.11 Å². The van der Waals surface area contributed by atoms with Crippen LogP contribution < -0.4 is 0 Å². The van der Waals surface area contributed by atoms with Gasteiger partial charge in [0, 0.05) is 11.5 Å².